The Morgan fingerprint density at radius 2 is 1.88 bits per heavy atom. The predicted octanol–water partition coefficient (Wildman–Crippen LogP) is 2.54. The molecule has 0 saturated heterocycles. The molecule has 0 aromatic heterocycles. The van der Waals surface area contributed by atoms with Crippen molar-refractivity contribution in [2.75, 3.05) is 13.1 Å². The van der Waals surface area contributed by atoms with Crippen LogP contribution in [0.25, 0.3) is 0 Å². The van der Waals surface area contributed by atoms with Crippen LogP contribution in [0.1, 0.15) is 36.2 Å². The summed E-state index contributed by atoms with van der Waals surface area (Å²) in [6.45, 7) is 3.69. The lowest BCUT2D eigenvalue weighted by molar-refractivity contribution is -0.140. The quantitative estimate of drug-likeness (QED) is 0.574. The van der Waals surface area contributed by atoms with Gasteiger partial charge in [-0.25, -0.2) is 12.7 Å². The SMILES string of the molecule is CCNC(=O)C(C)N(Cc1cccc(Br)c1)C(=O)CCN1C(=O)c2ccccc2S1(=O)=O. The van der Waals surface area contributed by atoms with Gasteiger partial charge < -0.3 is 10.2 Å². The van der Waals surface area contributed by atoms with E-state index in [4.69, 9.17) is 0 Å². The second-order valence-corrected chi connectivity index (χ2v) is 10.1. The zero-order chi connectivity index (χ0) is 23.5. The van der Waals surface area contributed by atoms with Crippen molar-refractivity contribution in [3.05, 3.63) is 64.1 Å². The first-order chi connectivity index (χ1) is 15.2. The Morgan fingerprint density at radius 3 is 2.53 bits per heavy atom. The summed E-state index contributed by atoms with van der Waals surface area (Å²) in [7, 11) is -4.00. The Hall–Kier alpha value is -2.72. The monoisotopic (exact) mass is 521 g/mol. The first-order valence-corrected chi connectivity index (χ1v) is 12.4. The maximum Gasteiger partial charge on any atom is 0.269 e. The lowest BCUT2D eigenvalue weighted by atomic mass is 10.1. The van der Waals surface area contributed by atoms with Crippen molar-refractivity contribution in [3.63, 3.8) is 0 Å². The van der Waals surface area contributed by atoms with Gasteiger partial charge in [0.05, 0.1) is 5.56 Å². The third kappa shape index (κ3) is 4.86. The summed E-state index contributed by atoms with van der Waals surface area (Å²) in [5.74, 6) is -1.39. The smallest absolute Gasteiger partial charge is 0.269 e. The minimum atomic E-state index is -4.00. The standard InChI is InChI=1S/C22H24BrN3O5S/c1-3-24-21(28)15(2)25(14-16-7-6-8-17(23)13-16)20(27)11-12-26-22(29)18-9-4-5-10-19(18)32(26,30)31/h4-10,13,15H,3,11-12,14H2,1-2H3,(H,24,28). The van der Waals surface area contributed by atoms with Gasteiger partial charge in [-0.15, -0.1) is 0 Å². The van der Waals surface area contributed by atoms with E-state index in [9.17, 15) is 22.8 Å². The lowest BCUT2D eigenvalue weighted by Crippen LogP contribution is -2.48. The third-order valence-corrected chi connectivity index (χ3v) is 7.53. The number of likely N-dealkylation sites (N-methyl/N-ethyl adjacent to an activating group) is 1. The molecule has 1 heterocycles. The fraction of sp³-hybridized carbons (Fsp3) is 0.318. The van der Waals surface area contributed by atoms with Crippen molar-refractivity contribution in [2.45, 2.75) is 37.8 Å². The Kier molecular flexibility index (Phi) is 7.35. The zero-order valence-corrected chi connectivity index (χ0v) is 20.1. The summed E-state index contributed by atoms with van der Waals surface area (Å²) in [4.78, 5) is 39.5. The normalized spacial score (nSPS) is 15.2. The van der Waals surface area contributed by atoms with Gasteiger partial charge in [0.2, 0.25) is 11.8 Å². The molecule has 1 aliphatic heterocycles. The molecule has 1 aliphatic rings. The van der Waals surface area contributed by atoms with Crippen molar-refractivity contribution in [1.82, 2.24) is 14.5 Å². The van der Waals surface area contributed by atoms with Crippen LogP contribution < -0.4 is 5.32 Å². The Morgan fingerprint density at radius 1 is 1.16 bits per heavy atom. The van der Waals surface area contributed by atoms with Gasteiger partial charge in [-0.05, 0) is 43.7 Å². The summed E-state index contributed by atoms with van der Waals surface area (Å²) in [6.07, 6.45) is -0.239. The number of nitrogens with zero attached hydrogens (tertiary/aromatic N) is 2. The third-order valence-electron chi connectivity index (χ3n) is 5.20. The average Bonchev–Trinajstić information content (AvgIpc) is 2.95. The van der Waals surface area contributed by atoms with Gasteiger partial charge in [-0.3, -0.25) is 14.4 Å². The van der Waals surface area contributed by atoms with Crippen molar-refractivity contribution in [1.29, 1.82) is 0 Å². The highest BCUT2D eigenvalue weighted by atomic mass is 79.9. The van der Waals surface area contributed by atoms with Gasteiger partial charge in [0.15, 0.2) is 0 Å². The molecule has 0 radical (unpaired) electrons. The van der Waals surface area contributed by atoms with E-state index >= 15 is 0 Å². The first kappa shape index (κ1) is 23.9. The van der Waals surface area contributed by atoms with Crippen molar-refractivity contribution >= 4 is 43.7 Å². The summed E-state index contributed by atoms with van der Waals surface area (Å²) in [5.41, 5.74) is 0.905. The van der Waals surface area contributed by atoms with Crippen LogP contribution in [-0.4, -0.2) is 54.5 Å². The highest BCUT2D eigenvalue weighted by Gasteiger charge is 2.41. The van der Waals surface area contributed by atoms with Crippen LogP contribution in [0.3, 0.4) is 0 Å². The molecule has 1 unspecified atom stereocenters. The highest BCUT2D eigenvalue weighted by molar-refractivity contribution is 9.10. The van der Waals surface area contributed by atoms with E-state index in [1.165, 1.54) is 17.0 Å². The Bertz CT molecular complexity index is 1150. The van der Waals surface area contributed by atoms with Crippen LogP contribution in [0, 0.1) is 0 Å². The lowest BCUT2D eigenvalue weighted by Gasteiger charge is -2.29. The predicted molar refractivity (Wildman–Crippen MR) is 122 cm³/mol. The number of carbonyl (C=O) groups is 3. The van der Waals surface area contributed by atoms with Gasteiger partial charge in [0.25, 0.3) is 15.9 Å². The van der Waals surface area contributed by atoms with Crippen LogP contribution in [0.15, 0.2) is 57.9 Å². The summed E-state index contributed by atoms with van der Waals surface area (Å²) in [5, 5.41) is 2.70. The number of nitrogens with one attached hydrogen (secondary N) is 1. The molecule has 170 valence electrons. The van der Waals surface area contributed by atoms with Crippen molar-refractivity contribution < 1.29 is 22.8 Å². The van der Waals surface area contributed by atoms with Crippen LogP contribution in [0.2, 0.25) is 0 Å². The van der Waals surface area contributed by atoms with E-state index in [0.29, 0.717) is 6.54 Å². The van der Waals surface area contributed by atoms with Crippen LogP contribution in [-0.2, 0) is 26.2 Å². The molecule has 0 fully saturated rings. The second-order valence-electron chi connectivity index (χ2n) is 7.35. The number of hydrogen-bond donors (Lipinski definition) is 1. The molecule has 32 heavy (non-hydrogen) atoms. The summed E-state index contributed by atoms with van der Waals surface area (Å²) < 4.78 is 27.0. The molecule has 0 spiro atoms. The fourth-order valence-corrected chi connectivity index (χ4v) is 5.55. The fourth-order valence-electron chi connectivity index (χ4n) is 3.53. The summed E-state index contributed by atoms with van der Waals surface area (Å²) >= 11 is 3.40. The number of sulfonamides is 1. The maximum atomic E-state index is 13.1. The van der Waals surface area contributed by atoms with E-state index in [1.807, 2.05) is 24.3 Å². The van der Waals surface area contributed by atoms with Crippen LogP contribution in [0.5, 0.6) is 0 Å². The molecular formula is C22H24BrN3O5S. The number of benzene rings is 2. The first-order valence-electron chi connectivity index (χ1n) is 10.1. The van der Waals surface area contributed by atoms with Crippen LogP contribution >= 0.6 is 15.9 Å². The van der Waals surface area contributed by atoms with E-state index in [0.717, 1.165) is 14.3 Å². The molecule has 10 heteroatoms. The van der Waals surface area contributed by atoms with Crippen molar-refractivity contribution in [3.8, 4) is 0 Å². The largest absolute Gasteiger partial charge is 0.355 e. The molecular weight excluding hydrogens is 498 g/mol. The van der Waals surface area contributed by atoms with E-state index in [2.05, 4.69) is 21.2 Å². The van der Waals surface area contributed by atoms with E-state index < -0.39 is 27.9 Å². The molecule has 8 nitrogen and oxygen atoms in total. The molecule has 3 rings (SSSR count). The minimum absolute atomic E-state index is 0.0564. The number of rotatable bonds is 8. The Labute approximate surface area is 195 Å². The number of fused-ring (bicyclic) bond motifs is 1. The van der Waals surface area contributed by atoms with E-state index in [1.54, 1.807) is 26.0 Å². The van der Waals surface area contributed by atoms with E-state index in [-0.39, 0.29) is 35.9 Å². The summed E-state index contributed by atoms with van der Waals surface area (Å²) in [6, 6.07) is 12.5. The zero-order valence-electron chi connectivity index (χ0n) is 17.7. The maximum absolute atomic E-state index is 13.1. The van der Waals surface area contributed by atoms with Crippen LogP contribution in [0.4, 0.5) is 0 Å². The second kappa shape index (κ2) is 9.83. The number of halogens is 1. The van der Waals surface area contributed by atoms with Gasteiger partial charge in [0.1, 0.15) is 10.9 Å². The van der Waals surface area contributed by atoms with Gasteiger partial charge >= 0.3 is 0 Å². The minimum Gasteiger partial charge on any atom is -0.355 e. The highest BCUT2D eigenvalue weighted by Crippen LogP contribution is 2.30. The molecule has 0 bridgehead atoms. The molecule has 0 aliphatic carbocycles. The topological polar surface area (TPSA) is 104 Å². The number of carbonyl (C=O) groups excluding carboxylic acids is 3. The van der Waals surface area contributed by atoms with Crippen molar-refractivity contribution in [2.24, 2.45) is 0 Å². The van der Waals surface area contributed by atoms with Gasteiger partial charge in [-0.2, -0.15) is 0 Å². The number of hydrogen-bond acceptors (Lipinski definition) is 5. The molecule has 2 aromatic carbocycles. The van der Waals surface area contributed by atoms with Gasteiger partial charge in [-0.1, -0.05) is 40.2 Å². The molecule has 0 saturated carbocycles. The average molecular weight is 522 g/mol. The Balaban J connectivity index is 1.79. The molecule has 3 amide bonds. The molecule has 2 aromatic rings. The molecule has 1 N–H and O–H groups in total. The van der Waals surface area contributed by atoms with Gasteiger partial charge in [0, 0.05) is 30.5 Å². The number of amides is 3. The molecule has 1 atom stereocenters.